The molecule has 0 aromatic rings. The first kappa shape index (κ1) is 18.7. The highest BCUT2D eigenvalue weighted by atomic mass is 16.4. The van der Waals surface area contributed by atoms with E-state index < -0.39 is 23.5 Å². The minimum atomic E-state index is -1.02. The van der Waals surface area contributed by atoms with Crippen LogP contribution in [-0.2, 0) is 4.79 Å². The van der Waals surface area contributed by atoms with Crippen LogP contribution in [0.4, 0.5) is 4.79 Å². The molecule has 0 aliphatic heterocycles. The summed E-state index contributed by atoms with van der Waals surface area (Å²) < 4.78 is 0. The zero-order valence-corrected chi connectivity index (χ0v) is 13.5. The topological polar surface area (TPSA) is 81.7 Å². The van der Waals surface area contributed by atoms with Gasteiger partial charge in [-0.05, 0) is 25.4 Å². The minimum Gasteiger partial charge on any atom is -0.480 e. The molecule has 2 atom stereocenters. The van der Waals surface area contributed by atoms with Crippen LogP contribution in [0.3, 0.4) is 0 Å². The van der Waals surface area contributed by atoms with E-state index in [1.165, 1.54) is 0 Å². The lowest BCUT2D eigenvalue weighted by molar-refractivity contribution is -0.141. The lowest BCUT2D eigenvalue weighted by Gasteiger charge is -2.29. The van der Waals surface area contributed by atoms with Gasteiger partial charge in [0.25, 0.3) is 0 Å². The van der Waals surface area contributed by atoms with Crippen LogP contribution >= 0.6 is 0 Å². The number of hydrogen-bond donors (Lipinski definition) is 3. The fraction of sp³-hybridized carbons (Fsp3) is 0.857. The number of nitrogens with one attached hydrogen (secondary N) is 2. The summed E-state index contributed by atoms with van der Waals surface area (Å²) in [6.45, 7) is 14.0. The molecular formula is C14H29N3O3. The molecule has 0 aliphatic rings. The molecule has 0 aliphatic carbocycles. The van der Waals surface area contributed by atoms with Crippen molar-refractivity contribution in [3.8, 4) is 0 Å². The van der Waals surface area contributed by atoms with Crippen LogP contribution in [0.2, 0.25) is 0 Å². The summed E-state index contributed by atoms with van der Waals surface area (Å²) in [5.74, 6) is -1.02. The molecule has 0 saturated carbocycles. The van der Waals surface area contributed by atoms with Crippen molar-refractivity contribution in [1.29, 1.82) is 0 Å². The van der Waals surface area contributed by atoms with Gasteiger partial charge in [0.05, 0.1) is 0 Å². The van der Waals surface area contributed by atoms with Crippen molar-refractivity contribution in [2.45, 2.75) is 53.6 Å². The Morgan fingerprint density at radius 3 is 2.00 bits per heavy atom. The van der Waals surface area contributed by atoms with Crippen LogP contribution in [0.15, 0.2) is 0 Å². The van der Waals surface area contributed by atoms with Crippen molar-refractivity contribution >= 4 is 12.0 Å². The van der Waals surface area contributed by atoms with Gasteiger partial charge in [-0.25, -0.2) is 9.59 Å². The van der Waals surface area contributed by atoms with Crippen molar-refractivity contribution in [3.05, 3.63) is 0 Å². The van der Waals surface area contributed by atoms with Gasteiger partial charge in [0, 0.05) is 12.6 Å². The van der Waals surface area contributed by atoms with Crippen LogP contribution in [-0.4, -0.2) is 53.7 Å². The minimum absolute atomic E-state index is 0.0377. The van der Waals surface area contributed by atoms with Gasteiger partial charge in [-0.3, -0.25) is 0 Å². The molecule has 0 rings (SSSR count). The van der Waals surface area contributed by atoms with E-state index in [9.17, 15) is 9.59 Å². The molecule has 20 heavy (non-hydrogen) atoms. The number of carbonyl (C=O) groups excluding carboxylic acids is 1. The highest BCUT2D eigenvalue weighted by molar-refractivity contribution is 5.83. The van der Waals surface area contributed by atoms with Crippen LogP contribution in [0.5, 0.6) is 0 Å². The second-order valence-corrected chi connectivity index (χ2v) is 6.14. The Balaban J connectivity index is 4.43. The van der Waals surface area contributed by atoms with Gasteiger partial charge in [0.2, 0.25) is 0 Å². The van der Waals surface area contributed by atoms with E-state index in [4.69, 9.17) is 5.11 Å². The first-order valence-electron chi connectivity index (χ1n) is 7.14. The summed E-state index contributed by atoms with van der Waals surface area (Å²) >= 11 is 0. The van der Waals surface area contributed by atoms with Gasteiger partial charge >= 0.3 is 12.0 Å². The highest BCUT2D eigenvalue weighted by Crippen LogP contribution is 2.19. The highest BCUT2D eigenvalue weighted by Gasteiger charge is 2.32. The predicted molar refractivity (Wildman–Crippen MR) is 79.8 cm³/mol. The maximum atomic E-state index is 11.9. The molecule has 1 unspecified atom stereocenters. The number of urea groups is 1. The zero-order valence-electron chi connectivity index (χ0n) is 13.5. The Morgan fingerprint density at radius 1 is 1.15 bits per heavy atom. The second kappa shape index (κ2) is 8.09. The Labute approximate surface area is 121 Å². The van der Waals surface area contributed by atoms with E-state index in [0.717, 1.165) is 19.6 Å². The normalized spacial score (nSPS) is 14.8. The molecule has 0 radical (unpaired) electrons. The fourth-order valence-electron chi connectivity index (χ4n) is 1.96. The van der Waals surface area contributed by atoms with Crippen LogP contribution in [0.1, 0.15) is 41.5 Å². The van der Waals surface area contributed by atoms with E-state index in [2.05, 4.69) is 29.4 Å². The molecule has 0 heterocycles. The van der Waals surface area contributed by atoms with Crippen molar-refractivity contribution in [3.63, 3.8) is 0 Å². The molecule has 6 heteroatoms. The molecule has 2 amide bonds. The van der Waals surface area contributed by atoms with Gasteiger partial charge in [-0.2, -0.15) is 0 Å². The number of rotatable bonds is 7. The average Bonchev–Trinajstić information content (AvgIpc) is 2.31. The summed E-state index contributed by atoms with van der Waals surface area (Å²) in [4.78, 5) is 25.3. The second-order valence-electron chi connectivity index (χ2n) is 6.14. The SMILES string of the molecule is CCN(CC)CC(C)NC(=O)N[C@@H](C(=O)O)C(C)(C)C. The monoisotopic (exact) mass is 287 g/mol. The predicted octanol–water partition coefficient (Wildman–Crippen LogP) is 1.52. The number of nitrogens with zero attached hydrogens (tertiary/aromatic N) is 1. The number of likely N-dealkylation sites (N-methyl/N-ethyl adjacent to an activating group) is 1. The van der Waals surface area contributed by atoms with Crippen molar-refractivity contribution < 1.29 is 14.7 Å². The maximum Gasteiger partial charge on any atom is 0.326 e. The molecule has 0 bridgehead atoms. The Bertz CT molecular complexity index is 322. The lowest BCUT2D eigenvalue weighted by Crippen LogP contribution is -2.54. The summed E-state index contributed by atoms with van der Waals surface area (Å²) in [7, 11) is 0. The third-order valence-electron chi connectivity index (χ3n) is 3.19. The van der Waals surface area contributed by atoms with Crippen molar-refractivity contribution in [2.24, 2.45) is 5.41 Å². The number of carboxylic acid groups (broad SMARTS) is 1. The van der Waals surface area contributed by atoms with Gasteiger partial charge in [0.1, 0.15) is 6.04 Å². The molecule has 0 aromatic carbocycles. The van der Waals surface area contributed by atoms with E-state index >= 15 is 0 Å². The first-order valence-corrected chi connectivity index (χ1v) is 7.14. The Kier molecular flexibility index (Phi) is 7.57. The average molecular weight is 287 g/mol. The third-order valence-corrected chi connectivity index (χ3v) is 3.19. The van der Waals surface area contributed by atoms with Crippen LogP contribution in [0, 0.1) is 5.41 Å². The van der Waals surface area contributed by atoms with E-state index in [0.29, 0.717) is 0 Å². The van der Waals surface area contributed by atoms with Gasteiger partial charge in [-0.1, -0.05) is 34.6 Å². The molecule has 118 valence electrons. The smallest absolute Gasteiger partial charge is 0.326 e. The number of carboxylic acids is 1. The molecule has 0 saturated heterocycles. The first-order chi connectivity index (χ1) is 9.11. The summed E-state index contributed by atoms with van der Waals surface area (Å²) in [6.07, 6.45) is 0. The summed E-state index contributed by atoms with van der Waals surface area (Å²) in [6, 6.07) is -1.39. The third kappa shape index (κ3) is 6.75. The van der Waals surface area contributed by atoms with E-state index in [1.54, 1.807) is 20.8 Å². The molecule has 0 fully saturated rings. The zero-order chi connectivity index (χ0) is 15.9. The molecule has 6 nitrogen and oxygen atoms in total. The molecule has 0 spiro atoms. The van der Waals surface area contributed by atoms with Crippen molar-refractivity contribution in [1.82, 2.24) is 15.5 Å². The fourth-order valence-corrected chi connectivity index (χ4v) is 1.96. The van der Waals surface area contributed by atoms with Crippen LogP contribution < -0.4 is 10.6 Å². The quantitative estimate of drug-likeness (QED) is 0.663. The lowest BCUT2D eigenvalue weighted by atomic mass is 9.87. The van der Waals surface area contributed by atoms with Crippen LogP contribution in [0.25, 0.3) is 0 Å². The Hall–Kier alpha value is -1.30. The molecule has 0 aromatic heterocycles. The Morgan fingerprint density at radius 2 is 1.65 bits per heavy atom. The van der Waals surface area contributed by atoms with E-state index in [1.807, 2.05) is 6.92 Å². The maximum absolute atomic E-state index is 11.9. The molecule has 3 N–H and O–H groups in total. The number of aliphatic carboxylic acids is 1. The van der Waals surface area contributed by atoms with Gasteiger partial charge in [-0.15, -0.1) is 0 Å². The standard InChI is InChI=1S/C14H29N3O3/c1-7-17(8-2)9-10(3)15-13(20)16-11(12(18)19)14(4,5)6/h10-11H,7-9H2,1-6H3,(H,18,19)(H2,15,16,20)/t10?,11-/m0/s1. The number of carbonyl (C=O) groups is 2. The van der Waals surface area contributed by atoms with Crippen molar-refractivity contribution in [2.75, 3.05) is 19.6 Å². The number of hydrogen-bond acceptors (Lipinski definition) is 3. The summed E-state index contributed by atoms with van der Waals surface area (Å²) in [5, 5.41) is 14.5. The number of amides is 2. The van der Waals surface area contributed by atoms with Gasteiger partial charge in [0.15, 0.2) is 0 Å². The molecular weight excluding hydrogens is 258 g/mol. The van der Waals surface area contributed by atoms with Gasteiger partial charge < -0.3 is 20.6 Å². The largest absolute Gasteiger partial charge is 0.480 e. The van der Waals surface area contributed by atoms with E-state index in [-0.39, 0.29) is 6.04 Å². The summed E-state index contributed by atoms with van der Waals surface area (Å²) in [5.41, 5.74) is -0.536.